The van der Waals surface area contributed by atoms with Gasteiger partial charge in [-0.15, -0.1) is 0 Å². The van der Waals surface area contributed by atoms with E-state index in [1.54, 1.807) is 17.0 Å². The van der Waals surface area contributed by atoms with E-state index < -0.39 is 5.82 Å². The van der Waals surface area contributed by atoms with Crippen molar-refractivity contribution >= 4 is 5.91 Å². The fourth-order valence-corrected chi connectivity index (χ4v) is 2.97. The molecule has 0 saturated carbocycles. The van der Waals surface area contributed by atoms with Crippen LogP contribution in [0.3, 0.4) is 0 Å². The van der Waals surface area contributed by atoms with Crippen molar-refractivity contribution in [3.63, 3.8) is 0 Å². The van der Waals surface area contributed by atoms with Crippen LogP contribution in [0.15, 0.2) is 24.3 Å². The first kappa shape index (κ1) is 11.7. The second-order valence-electron chi connectivity index (χ2n) is 5.17. The molecule has 96 valence electrons. The first-order valence-corrected chi connectivity index (χ1v) is 6.34. The molecule has 0 aliphatic carbocycles. The van der Waals surface area contributed by atoms with Gasteiger partial charge in [-0.05, 0) is 25.5 Å². The largest absolute Gasteiger partial charge is 0.373 e. The molecule has 3 nitrogen and oxygen atoms in total. The molecule has 0 radical (unpaired) electrons. The summed E-state index contributed by atoms with van der Waals surface area (Å²) in [5.41, 5.74) is 0.158. The lowest BCUT2D eigenvalue weighted by Crippen LogP contribution is -2.31. The third kappa shape index (κ3) is 1.90. The van der Waals surface area contributed by atoms with Crippen LogP contribution in [0, 0.1) is 11.7 Å². The summed E-state index contributed by atoms with van der Waals surface area (Å²) in [5, 5.41) is 0. The lowest BCUT2D eigenvalue weighted by Gasteiger charge is -2.18. The molecule has 0 spiro atoms. The molecule has 3 rings (SSSR count). The normalized spacial score (nSPS) is 30.6. The van der Waals surface area contributed by atoms with Gasteiger partial charge in [-0.3, -0.25) is 4.79 Å². The minimum atomic E-state index is -0.450. The quantitative estimate of drug-likeness (QED) is 0.762. The van der Waals surface area contributed by atoms with Gasteiger partial charge in [-0.25, -0.2) is 4.39 Å². The van der Waals surface area contributed by atoms with Crippen LogP contribution in [0.25, 0.3) is 0 Å². The summed E-state index contributed by atoms with van der Waals surface area (Å²) in [6, 6.07) is 6.14. The molecule has 18 heavy (non-hydrogen) atoms. The molecule has 0 aromatic heterocycles. The molecule has 2 saturated heterocycles. The van der Waals surface area contributed by atoms with Gasteiger partial charge in [-0.1, -0.05) is 12.1 Å². The summed E-state index contributed by atoms with van der Waals surface area (Å²) >= 11 is 0. The molecule has 2 aliphatic heterocycles. The highest BCUT2D eigenvalue weighted by Crippen LogP contribution is 2.33. The lowest BCUT2D eigenvalue weighted by molar-refractivity contribution is 0.0442. The van der Waals surface area contributed by atoms with E-state index in [4.69, 9.17) is 4.74 Å². The molecule has 2 fully saturated rings. The van der Waals surface area contributed by atoms with Crippen molar-refractivity contribution < 1.29 is 13.9 Å². The molecule has 1 amide bonds. The molecule has 0 unspecified atom stereocenters. The Kier molecular flexibility index (Phi) is 2.82. The Labute approximate surface area is 106 Å². The molecular formula is C14H16FNO2. The van der Waals surface area contributed by atoms with Gasteiger partial charge in [-0.2, -0.15) is 0 Å². The van der Waals surface area contributed by atoms with Crippen molar-refractivity contribution in [1.82, 2.24) is 4.90 Å². The van der Waals surface area contributed by atoms with Gasteiger partial charge in [0.25, 0.3) is 5.91 Å². The number of halogens is 1. The number of fused-ring (bicyclic) bond motifs is 1. The van der Waals surface area contributed by atoms with Crippen LogP contribution < -0.4 is 0 Å². The molecule has 2 heterocycles. The van der Waals surface area contributed by atoms with Crippen molar-refractivity contribution in [2.24, 2.45) is 5.92 Å². The van der Waals surface area contributed by atoms with Gasteiger partial charge in [0, 0.05) is 19.0 Å². The zero-order chi connectivity index (χ0) is 12.7. The van der Waals surface area contributed by atoms with Gasteiger partial charge in [0.05, 0.1) is 17.8 Å². The number of likely N-dealkylation sites (tertiary alicyclic amines) is 1. The monoisotopic (exact) mass is 249 g/mol. The van der Waals surface area contributed by atoms with E-state index in [1.807, 2.05) is 0 Å². The predicted molar refractivity (Wildman–Crippen MR) is 64.7 cm³/mol. The van der Waals surface area contributed by atoms with E-state index in [0.29, 0.717) is 19.0 Å². The molecule has 0 bridgehead atoms. The Morgan fingerprint density at radius 1 is 1.39 bits per heavy atom. The fraction of sp³-hybridized carbons (Fsp3) is 0.500. The van der Waals surface area contributed by atoms with Crippen LogP contribution in [0.1, 0.15) is 23.7 Å². The number of benzene rings is 1. The molecule has 2 aliphatic rings. The third-order valence-electron chi connectivity index (χ3n) is 3.81. The topological polar surface area (TPSA) is 29.5 Å². The number of amides is 1. The average molecular weight is 249 g/mol. The van der Waals surface area contributed by atoms with Gasteiger partial charge in [0.2, 0.25) is 0 Å². The number of carbonyl (C=O) groups excluding carboxylic acids is 1. The van der Waals surface area contributed by atoms with Crippen LogP contribution in [-0.2, 0) is 4.74 Å². The highest BCUT2D eigenvalue weighted by Gasteiger charge is 2.42. The van der Waals surface area contributed by atoms with Crippen molar-refractivity contribution in [1.29, 1.82) is 0 Å². The van der Waals surface area contributed by atoms with Gasteiger partial charge in [0.15, 0.2) is 0 Å². The van der Waals surface area contributed by atoms with Crippen LogP contribution in [0.4, 0.5) is 4.39 Å². The highest BCUT2D eigenvalue weighted by atomic mass is 19.1. The second-order valence-corrected chi connectivity index (χ2v) is 5.17. The molecule has 1 aromatic carbocycles. The van der Waals surface area contributed by atoms with Gasteiger partial charge in [0.1, 0.15) is 5.82 Å². The maximum absolute atomic E-state index is 13.6. The molecule has 3 atom stereocenters. The van der Waals surface area contributed by atoms with E-state index in [0.717, 1.165) is 6.42 Å². The van der Waals surface area contributed by atoms with E-state index in [2.05, 4.69) is 6.92 Å². The Balaban J connectivity index is 1.74. The number of hydrogen-bond donors (Lipinski definition) is 0. The zero-order valence-electron chi connectivity index (χ0n) is 10.3. The van der Waals surface area contributed by atoms with Crippen LogP contribution in [0.5, 0.6) is 0 Å². The van der Waals surface area contributed by atoms with E-state index in [1.165, 1.54) is 12.1 Å². The zero-order valence-corrected chi connectivity index (χ0v) is 10.3. The number of hydrogen-bond acceptors (Lipinski definition) is 2. The number of carbonyl (C=O) groups is 1. The lowest BCUT2D eigenvalue weighted by atomic mass is 10.0. The Bertz CT molecular complexity index is 463. The van der Waals surface area contributed by atoms with E-state index in [9.17, 15) is 9.18 Å². The fourth-order valence-electron chi connectivity index (χ4n) is 2.97. The molecule has 4 heteroatoms. The maximum Gasteiger partial charge on any atom is 0.256 e. The van der Waals surface area contributed by atoms with Crippen LogP contribution >= 0.6 is 0 Å². The Hall–Kier alpha value is -1.42. The predicted octanol–water partition coefficient (Wildman–Crippen LogP) is 2.08. The van der Waals surface area contributed by atoms with Crippen LogP contribution in [0.2, 0.25) is 0 Å². The van der Waals surface area contributed by atoms with Crippen molar-refractivity contribution in [3.05, 3.63) is 35.6 Å². The summed E-state index contributed by atoms with van der Waals surface area (Å²) in [7, 11) is 0. The number of ether oxygens (including phenoxy) is 1. The highest BCUT2D eigenvalue weighted by molar-refractivity contribution is 5.94. The summed E-state index contributed by atoms with van der Waals surface area (Å²) < 4.78 is 19.3. The first-order chi connectivity index (χ1) is 8.65. The first-order valence-electron chi connectivity index (χ1n) is 6.34. The van der Waals surface area contributed by atoms with Crippen molar-refractivity contribution in [3.8, 4) is 0 Å². The number of nitrogens with zero attached hydrogens (tertiary/aromatic N) is 1. The standard InChI is InChI=1S/C14H16FNO2/c1-9-6-10-7-16(8-13(10)18-9)14(17)11-4-2-3-5-12(11)15/h2-5,9-10,13H,6-8H2,1H3/t9-,10+,13-/m1/s1. The summed E-state index contributed by atoms with van der Waals surface area (Å²) in [5.74, 6) is -0.261. The minimum Gasteiger partial charge on any atom is -0.373 e. The van der Waals surface area contributed by atoms with Gasteiger partial charge >= 0.3 is 0 Å². The number of rotatable bonds is 1. The summed E-state index contributed by atoms with van der Waals surface area (Å²) in [4.78, 5) is 13.9. The average Bonchev–Trinajstić information content (AvgIpc) is 2.85. The molecular weight excluding hydrogens is 233 g/mol. The van der Waals surface area contributed by atoms with Gasteiger partial charge < -0.3 is 9.64 Å². The smallest absolute Gasteiger partial charge is 0.256 e. The van der Waals surface area contributed by atoms with E-state index in [-0.39, 0.29) is 23.7 Å². The third-order valence-corrected chi connectivity index (χ3v) is 3.81. The van der Waals surface area contributed by atoms with Crippen LogP contribution in [-0.4, -0.2) is 36.1 Å². The maximum atomic E-state index is 13.6. The molecule has 0 N–H and O–H groups in total. The Morgan fingerprint density at radius 3 is 2.89 bits per heavy atom. The summed E-state index contributed by atoms with van der Waals surface area (Å²) in [6.45, 7) is 3.33. The SMILES string of the molecule is C[C@@H]1C[C@H]2CN(C(=O)c3ccccc3F)C[C@H]2O1. The Morgan fingerprint density at radius 2 is 2.17 bits per heavy atom. The summed E-state index contributed by atoms with van der Waals surface area (Å²) in [6.07, 6.45) is 1.41. The van der Waals surface area contributed by atoms with Crippen molar-refractivity contribution in [2.45, 2.75) is 25.6 Å². The van der Waals surface area contributed by atoms with E-state index >= 15 is 0 Å². The van der Waals surface area contributed by atoms with Crippen molar-refractivity contribution in [2.75, 3.05) is 13.1 Å². The second kappa shape index (κ2) is 4.35. The minimum absolute atomic E-state index is 0.135. The molecule has 1 aromatic rings.